The highest BCUT2D eigenvalue weighted by Crippen LogP contribution is 2.26. The zero-order valence-corrected chi connectivity index (χ0v) is 12.0. The van der Waals surface area contributed by atoms with Gasteiger partial charge < -0.3 is 15.8 Å². The van der Waals surface area contributed by atoms with Crippen LogP contribution in [0.3, 0.4) is 0 Å². The van der Waals surface area contributed by atoms with Crippen molar-refractivity contribution in [2.24, 2.45) is 5.73 Å². The molecule has 2 heterocycles. The summed E-state index contributed by atoms with van der Waals surface area (Å²) in [6.45, 7) is 2.18. The Morgan fingerprint density at radius 2 is 2.29 bits per heavy atom. The number of hydrogen-bond acceptors (Lipinski definition) is 3. The average Bonchev–Trinajstić information content (AvgIpc) is 2.86. The van der Waals surface area contributed by atoms with Gasteiger partial charge in [0.05, 0.1) is 12.0 Å². The standard InChI is InChI=1S/C16H21N3O2/c17-14(20)9-16(21)6-2-8-19(11-16)10-13-4-1-3-12-5-7-18-15(12)13/h1,3-5,7,18,21H,2,6,8-11H2,(H2,17,20). The number of piperidine rings is 1. The van der Waals surface area contributed by atoms with E-state index in [1.807, 2.05) is 12.3 Å². The number of H-pyrrole nitrogens is 1. The lowest BCUT2D eigenvalue weighted by atomic mass is 9.89. The first-order chi connectivity index (χ1) is 10.1. The van der Waals surface area contributed by atoms with E-state index in [9.17, 15) is 9.90 Å². The van der Waals surface area contributed by atoms with Crippen molar-refractivity contribution in [3.05, 3.63) is 36.0 Å². The van der Waals surface area contributed by atoms with E-state index in [0.29, 0.717) is 13.0 Å². The number of carbonyl (C=O) groups is 1. The summed E-state index contributed by atoms with van der Waals surface area (Å²) in [5, 5.41) is 11.7. The number of hydrogen-bond donors (Lipinski definition) is 3. The van der Waals surface area contributed by atoms with Crippen molar-refractivity contribution in [3.63, 3.8) is 0 Å². The number of aliphatic hydroxyl groups is 1. The van der Waals surface area contributed by atoms with Crippen LogP contribution in [0.4, 0.5) is 0 Å². The van der Waals surface area contributed by atoms with E-state index in [2.05, 4.69) is 28.1 Å². The Balaban J connectivity index is 1.75. The lowest BCUT2D eigenvalue weighted by Gasteiger charge is -2.38. The van der Waals surface area contributed by atoms with Crippen molar-refractivity contribution in [1.82, 2.24) is 9.88 Å². The molecule has 5 heteroatoms. The SMILES string of the molecule is NC(=O)CC1(O)CCCN(Cc2cccc3cc[nH]c23)C1. The van der Waals surface area contributed by atoms with Crippen LogP contribution in [0.1, 0.15) is 24.8 Å². The number of aromatic amines is 1. The molecule has 1 saturated heterocycles. The summed E-state index contributed by atoms with van der Waals surface area (Å²) in [6.07, 6.45) is 3.49. The van der Waals surface area contributed by atoms with E-state index in [4.69, 9.17) is 5.73 Å². The number of β-amino-alcohol motifs (C(OH)–C–C–N with tert-alkyl or cyclic N) is 1. The zero-order valence-electron chi connectivity index (χ0n) is 12.0. The number of carbonyl (C=O) groups excluding carboxylic acids is 1. The van der Waals surface area contributed by atoms with Crippen molar-refractivity contribution in [1.29, 1.82) is 0 Å². The predicted molar refractivity (Wildman–Crippen MR) is 81.6 cm³/mol. The summed E-state index contributed by atoms with van der Waals surface area (Å²) in [5.74, 6) is -0.439. The van der Waals surface area contributed by atoms with E-state index in [-0.39, 0.29) is 6.42 Å². The summed E-state index contributed by atoms with van der Waals surface area (Å²) >= 11 is 0. The van der Waals surface area contributed by atoms with Gasteiger partial charge in [-0.15, -0.1) is 0 Å². The highest BCUT2D eigenvalue weighted by atomic mass is 16.3. The lowest BCUT2D eigenvalue weighted by molar-refractivity contribution is -0.125. The van der Waals surface area contributed by atoms with Crippen molar-refractivity contribution >= 4 is 16.8 Å². The molecule has 21 heavy (non-hydrogen) atoms. The van der Waals surface area contributed by atoms with Gasteiger partial charge in [-0.25, -0.2) is 0 Å². The number of primary amides is 1. The van der Waals surface area contributed by atoms with Crippen LogP contribution in [0, 0.1) is 0 Å². The Morgan fingerprint density at radius 3 is 3.10 bits per heavy atom. The smallest absolute Gasteiger partial charge is 0.220 e. The molecule has 2 aromatic rings. The minimum atomic E-state index is -0.978. The molecule has 112 valence electrons. The highest BCUT2D eigenvalue weighted by molar-refractivity contribution is 5.82. The third-order valence-electron chi connectivity index (χ3n) is 4.21. The number of nitrogens with two attached hydrogens (primary N) is 1. The van der Waals surface area contributed by atoms with Crippen LogP contribution in [0.2, 0.25) is 0 Å². The molecule has 3 rings (SSSR count). The van der Waals surface area contributed by atoms with Crippen molar-refractivity contribution in [2.45, 2.75) is 31.4 Å². The van der Waals surface area contributed by atoms with Crippen LogP contribution in [0.25, 0.3) is 10.9 Å². The number of likely N-dealkylation sites (tertiary alicyclic amines) is 1. The van der Waals surface area contributed by atoms with Crippen LogP contribution in [-0.4, -0.2) is 39.6 Å². The number of nitrogens with one attached hydrogen (secondary N) is 1. The first-order valence-electron chi connectivity index (χ1n) is 7.34. The first kappa shape index (κ1) is 14.1. The van der Waals surface area contributed by atoms with Gasteiger partial charge in [0.1, 0.15) is 0 Å². The number of fused-ring (bicyclic) bond motifs is 1. The second kappa shape index (κ2) is 5.50. The molecule has 1 fully saturated rings. The van der Waals surface area contributed by atoms with Gasteiger partial charge in [0.25, 0.3) is 0 Å². The van der Waals surface area contributed by atoms with Gasteiger partial charge in [0.2, 0.25) is 5.91 Å². The fourth-order valence-corrected chi connectivity index (χ4v) is 3.33. The second-order valence-corrected chi connectivity index (χ2v) is 6.04. The minimum absolute atomic E-state index is 0.0379. The van der Waals surface area contributed by atoms with Gasteiger partial charge in [-0.2, -0.15) is 0 Å². The maximum Gasteiger partial charge on any atom is 0.220 e. The lowest BCUT2D eigenvalue weighted by Crippen LogP contribution is -2.49. The summed E-state index contributed by atoms with van der Waals surface area (Å²) in [5.41, 5.74) is 6.62. The average molecular weight is 287 g/mol. The number of nitrogens with zero attached hydrogens (tertiary/aromatic N) is 1. The fourth-order valence-electron chi connectivity index (χ4n) is 3.33. The quantitative estimate of drug-likeness (QED) is 0.794. The Hall–Kier alpha value is -1.85. The Morgan fingerprint density at radius 1 is 1.43 bits per heavy atom. The van der Waals surface area contributed by atoms with Crippen LogP contribution < -0.4 is 5.73 Å². The van der Waals surface area contributed by atoms with E-state index < -0.39 is 11.5 Å². The molecule has 1 amide bonds. The Kier molecular flexibility index (Phi) is 3.69. The first-order valence-corrected chi connectivity index (χ1v) is 7.34. The molecule has 0 saturated carbocycles. The molecule has 4 N–H and O–H groups in total. The summed E-state index contributed by atoms with van der Waals surface area (Å²) in [6, 6.07) is 8.28. The molecule has 0 radical (unpaired) electrons. The molecular weight excluding hydrogens is 266 g/mol. The maximum absolute atomic E-state index is 11.1. The third-order valence-corrected chi connectivity index (χ3v) is 4.21. The van der Waals surface area contributed by atoms with Crippen molar-refractivity contribution in [3.8, 4) is 0 Å². The molecule has 0 aliphatic carbocycles. The van der Waals surface area contributed by atoms with Crippen molar-refractivity contribution in [2.75, 3.05) is 13.1 Å². The Bertz CT molecular complexity index is 652. The van der Waals surface area contributed by atoms with Crippen LogP contribution in [0.15, 0.2) is 30.5 Å². The van der Waals surface area contributed by atoms with Crippen LogP contribution in [0.5, 0.6) is 0 Å². The predicted octanol–water partition coefficient (Wildman–Crippen LogP) is 1.37. The monoisotopic (exact) mass is 287 g/mol. The Labute approximate surface area is 123 Å². The van der Waals surface area contributed by atoms with E-state index in [0.717, 1.165) is 25.0 Å². The molecule has 1 unspecified atom stereocenters. The van der Waals surface area contributed by atoms with Gasteiger partial charge in [0.15, 0.2) is 0 Å². The summed E-state index contributed by atoms with van der Waals surface area (Å²) in [4.78, 5) is 16.6. The third kappa shape index (κ3) is 3.09. The fraction of sp³-hybridized carbons (Fsp3) is 0.438. The van der Waals surface area contributed by atoms with E-state index >= 15 is 0 Å². The van der Waals surface area contributed by atoms with Gasteiger partial charge in [-0.1, -0.05) is 18.2 Å². The van der Waals surface area contributed by atoms with Crippen LogP contribution >= 0.6 is 0 Å². The summed E-state index contributed by atoms with van der Waals surface area (Å²) < 4.78 is 0. The molecule has 1 aliphatic heterocycles. The number of aromatic nitrogens is 1. The number of rotatable bonds is 4. The highest BCUT2D eigenvalue weighted by Gasteiger charge is 2.34. The zero-order chi connectivity index (χ0) is 14.9. The van der Waals surface area contributed by atoms with Gasteiger partial charge in [0, 0.05) is 24.8 Å². The number of para-hydroxylation sites is 1. The second-order valence-electron chi connectivity index (χ2n) is 6.04. The van der Waals surface area contributed by atoms with Gasteiger partial charge >= 0.3 is 0 Å². The van der Waals surface area contributed by atoms with Crippen LogP contribution in [-0.2, 0) is 11.3 Å². The largest absolute Gasteiger partial charge is 0.388 e. The van der Waals surface area contributed by atoms with Crippen molar-refractivity contribution < 1.29 is 9.90 Å². The topological polar surface area (TPSA) is 82.3 Å². The number of benzene rings is 1. The minimum Gasteiger partial charge on any atom is -0.388 e. The summed E-state index contributed by atoms with van der Waals surface area (Å²) in [7, 11) is 0. The molecule has 0 bridgehead atoms. The normalized spacial score (nSPS) is 23.5. The molecular formula is C16H21N3O2. The molecule has 1 aromatic heterocycles. The molecule has 1 aromatic carbocycles. The maximum atomic E-state index is 11.1. The molecule has 1 atom stereocenters. The molecule has 0 spiro atoms. The number of amides is 1. The van der Waals surface area contributed by atoms with Gasteiger partial charge in [-0.3, -0.25) is 9.69 Å². The van der Waals surface area contributed by atoms with E-state index in [1.54, 1.807) is 0 Å². The molecule has 1 aliphatic rings. The van der Waals surface area contributed by atoms with E-state index in [1.165, 1.54) is 10.9 Å². The van der Waals surface area contributed by atoms with Gasteiger partial charge in [-0.05, 0) is 36.4 Å². The molecule has 5 nitrogen and oxygen atoms in total.